The molecule has 1 aliphatic rings. The Bertz CT molecular complexity index is 786. The normalized spacial score (nSPS) is 16.0. The molecule has 1 atom stereocenters. The van der Waals surface area contributed by atoms with Crippen LogP contribution in [0.15, 0.2) is 42.5 Å². The van der Waals surface area contributed by atoms with E-state index in [4.69, 9.17) is 4.74 Å². The Morgan fingerprint density at radius 2 is 1.96 bits per heavy atom. The zero-order chi connectivity index (χ0) is 19.1. The van der Waals surface area contributed by atoms with Gasteiger partial charge in [0.1, 0.15) is 0 Å². The number of nitrogens with one attached hydrogen (secondary N) is 3. The zero-order valence-corrected chi connectivity index (χ0v) is 15.3. The lowest BCUT2D eigenvalue weighted by Crippen LogP contribution is -2.31. The molecule has 1 aliphatic heterocycles. The first kappa shape index (κ1) is 18.8. The first-order valence-corrected chi connectivity index (χ1v) is 9.07. The van der Waals surface area contributed by atoms with E-state index in [1.54, 1.807) is 24.3 Å². The average Bonchev–Trinajstić information content (AvgIpc) is 3.19. The topological polar surface area (TPSA) is 92.4 Å². The molecule has 1 saturated heterocycles. The molecule has 0 aliphatic carbocycles. The highest BCUT2D eigenvalue weighted by molar-refractivity contribution is 5.95. The van der Waals surface area contributed by atoms with Crippen LogP contribution >= 0.6 is 0 Å². The van der Waals surface area contributed by atoms with E-state index in [2.05, 4.69) is 20.9 Å². The summed E-state index contributed by atoms with van der Waals surface area (Å²) >= 11 is 0. The number of carbonyl (C=O) groups is 2. The molecule has 7 heteroatoms. The summed E-state index contributed by atoms with van der Waals surface area (Å²) in [6, 6.07) is 12.1. The van der Waals surface area contributed by atoms with Gasteiger partial charge in [0.2, 0.25) is 0 Å². The van der Waals surface area contributed by atoms with Gasteiger partial charge < -0.3 is 20.7 Å². The third kappa shape index (κ3) is 5.79. The van der Waals surface area contributed by atoms with Crippen molar-refractivity contribution in [1.29, 1.82) is 0 Å². The monoisotopic (exact) mass is 368 g/mol. The Balaban J connectivity index is 1.45. The van der Waals surface area contributed by atoms with Crippen molar-refractivity contribution < 1.29 is 14.3 Å². The summed E-state index contributed by atoms with van der Waals surface area (Å²) in [7, 11) is 0. The standard InChI is InChI=1S/C20H24N4O3/c1-14-4-2-5-17(23-14)12-22-20(26)24-16-9-7-15(8-10-16)19(25)21-13-18-6-3-11-27-18/h2,4-5,7-10,18H,3,6,11-13H2,1H3,(H,21,25)(H2,22,24,26). The van der Waals surface area contributed by atoms with Gasteiger partial charge in [0.15, 0.2) is 0 Å². The minimum atomic E-state index is -0.325. The van der Waals surface area contributed by atoms with Gasteiger partial charge in [-0.25, -0.2) is 4.79 Å². The molecule has 3 N–H and O–H groups in total. The summed E-state index contributed by atoms with van der Waals surface area (Å²) in [5.74, 6) is -0.146. The second-order valence-corrected chi connectivity index (χ2v) is 6.50. The van der Waals surface area contributed by atoms with E-state index in [0.717, 1.165) is 30.8 Å². The predicted molar refractivity (Wildman–Crippen MR) is 103 cm³/mol. The number of urea groups is 1. The van der Waals surface area contributed by atoms with Crippen LogP contribution in [0.1, 0.15) is 34.6 Å². The van der Waals surface area contributed by atoms with Crippen molar-refractivity contribution in [1.82, 2.24) is 15.6 Å². The van der Waals surface area contributed by atoms with Crippen molar-refractivity contribution >= 4 is 17.6 Å². The van der Waals surface area contributed by atoms with Crippen molar-refractivity contribution in [2.24, 2.45) is 0 Å². The third-order valence-corrected chi connectivity index (χ3v) is 4.30. The highest BCUT2D eigenvalue weighted by Crippen LogP contribution is 2.12. The van der Waals surface area contributed by atoms with Crippen LogP contribution in [-0.4, -0.2) is 36.2 Å². The van der Waals surface area contributed by atoms with Crippen LogP contribution in [0, 0.1) is 6.92 Å². The number of pyridine rings is 1. The van der Waals surface area contributed by atoms with Crippen molar-refractivity contribution in [3.05, 3.63) is 59.4 Å². The molecule has 3 amide bonds. The van der Waals surface area contributed by atoms with Crippen LogP contribution < -0.4 is 16.0 Å². The van der Waals surface area contributed by atoms with E-state index >= 15 is 0 Å². The minimum absolute atomic E-state index is 0.112. The number of carbonyl (C=O) groups excluding carboxylic acids is 2. The number of benzene rings is 1. The molecule has 1 unspecified atom stereocenters. The van der Waals surface area contributed by atoms with Crippen molar-refractivity contribution in [3.8, 4) is 0 Å². The average molecular weight is 368 g/mol. The number of ether oxygens (including phenoxy) is 1. The lowest BCUT2D eigenvalue weighted by Gasteiger charge is -2.11. The van der Waals surface area contributed by atoms with E-state index in [1.807, 2.05) is 25.1 Å². The molecule has 0 saturated carbocycles. The Labute approximate surface area is 158 Å². The molecule has 142 valence electrons. The highest BCUT2D eigenvalue weighted by Gasteiger charge is 2.16. The SMILES string of the molecule is Cc1cccc(CNC(=O)Nc2ccc(C(=O)NCC3CCCO3)cc2)n1. The first-order chi connectivity index (χ1) is 13.1. The maximum atomic E-state index is 12.1. The molecule has 3 rings (SSSR count). The molecule has 1 fully saturated rings. The summed E-state index contributed by atoms with van der Waals surface area (Å²) in [5.41, 5.74) is 2.86. The van der Waals surface area contributed by atoms with Crippen LogP contribution in [0.2, 0.25) is 0 Å². The maximum absolute atomic E-state index is 12.1. The largest absolute Gasteiger partial charge is 0.376 e. The molecule has 0 spiro atoms. The third-order valence-electron chi connectivity index (χ3n) is 4.30. The van der Waals surface area contributed by atoms with Gasteiger partial charge in [0.25, 0.3) is 5.91 Å². The number of aryl methyl sites for hydroxylation is 1. The van der Waals surface area contributed by atoms with Crippen LogP contribution in [0.4, 0.5) is 10.5 Å². The van der Waals surface area contributed by atoms with E-state index in [1.165, 1.54) is 0 Å². The number of hydrogen-bond acceptors (Lipinski definition) is 4. The highest BCUT2D eigenvalue weighted by atomic mass is 16.5. The molecule has 27 heavy (non-hydrogen) atoms. The van der Waals surface area contributed by atoms with E-state index < -0.39 is 0 Å². The van der Waals surface area contributed by atoms with Gasteiger partial charge in [-0.3, -0.25) is 9.78 Å². The molecule has 7 nitrogen and oxygen atoms in total. The van der Waals surface area contributed by atoms with Gasteiger partial charge in [-0.2, -0.15) is 0 Å². The Kier molecular flexibility index (Phi) is 6.38. The van der Waals surface area contributed by atoms with Crippen molar-refractivity contribution in [3.63, 3.8) is 0 Å². The van der Waals surface area contributed by atoms with Gasteiger partial charge >= 0.3 is 6.03 Å². The quantitative estimate of drug-likeness (QED) is 0.731. The van der Waals surface area contributed by atoms with Gasteiger partial charge in [-0.15, -0.1) is 0 Å². The summed E-state index contributed by atoms with van der Waals surface area (Å²) in [4.78, 5) is 28.5. The zero-order valence-electron chi connectivity index (χ0n) is 15.3. The fourth-order valence-electron chi connectivity index (χ4n) is 2.86. The van der Waals surface area contributed by atoms with Gasteiger partial charge in [-0.1, -0.05) is 6.07 Å². The van der Waals surface area contributed by atoms with Crippen LogP contribution in [-0.2, 0) is 11.3 Å². The molecular formula is C20H24N4O3. The number of rotatable bonds is 6. The number of aromatic nitrogens is 1. The van der Waals surface area contributed by atoms with Gasteiger partial charge in [0.05, 0.1) is 18.3 Å². The predicted octanol–water partition coefficient (Wildman–Crippen LogP) is 2.62. The second kappa shape index (κ2) is 9.14. The van der Waals surface area contributed by atoms with Crippen molar-refractivity contribution in [2.75, 3.05) is 18.5 Å². The molecule has 2 heterocycles. The Hall–Kier alpha value is -2.93. The number of nitrogens with zero attached hydrogens (tertiary/aromatic N) is 1. The fourth-order valence-corrected chi connectivity index (χ4v) is 2.86. The molecule has 0 bridgehead atoms. The van der Waals surface area contributed by atoms with Crippen molar-refractivity contribution in [2.45, 2.75) is 32.4 Å². The van der Waals surface area contributed by atoms with E-state index in [-0.39, 0.29) is 18.0 Å². The second-order valence-electron chi connectivity index (χ2n) is 6.50. The lowest BCUT2D eigenvalue weighted by molar-refractivity contribution is 0.0858. The maximum Gasteiger partial charge on any atom is 0.319 e. The number of amides is 3. The van der Waals surface area contributed by atoms with Crippen LogP contribution in [0.5, 0.6) is 0 Å². The van der Waals surface area contributed by atoms with Crippen LogP contribution in [0.3, 0.4) is 0 Å². The fraction of sp³-hybridized carbons (Fsp3) is 0.350. The molecule has 0 radical (unpaired) electrons. The smallest absolute Gasteiger partial charge is 0.319 e. The van der Waals surface area contributed by atoms with E-state index in [0.29, 0.717) is 24.3 Å². The number of anilines is 1. The minimum Gasteiger partial charge on any atom is -0.376 e. The van der Waals surface area contributed by atoms with Gasteiger partial charge in [0, 0.05) is 30.1 Å². The Morgan fingerprint density at radius 1 is 1.15 bits per heavy atom. The lowest BCUT2D eigenvalue weighted by atomic mass is 10.2. The summed E-state index contributed by atoms with van der Waals surface area (Å²) < 4.78 is 5.49. The molecule has 1 aromatic heterocycles. The van der Waals surface area contributed by atoms with E-state index in [9.17, 15) is 9.59 Å². The molecule has 1 aromatic carbocycles. The molecular weight excluding hydrogens is 344 g/mol. The Morgan fingerprint density at radius 3 is 2.67 bits per heavy atom. The molecule has 2 aromatic rings. The number of hydrogen-bond donors (Lipinski definition) is 3. The summed E-state index contributed by atoms with van der Waals surface area (Å²) in [5, 5.41) is 8.37. The summed E-state index contributed by atoms with van der Waals surface area (Å²) in [6.45, 7) is 3.54. The summed E-state index contributed by atoms with van der Waals surface area (Å²) in [6.07, 6.45) is 2.14. The van der Waals surface area contributed by atoms with Crippen LogP contribution in [0.25, 0.3) is 0 Å². The first-order valence-electron chi connectivity index (χ1n) is 9.07. The van der Waals surface area contributed by atoms with Gasteiger partial charge in [-0.05, 0) is 56.2 Å².